The highest BCUT2D eigenvalue weighted by Crippen LogP contribution is 2.20. The number of rotatable bonds is 4. The Bertz CT molecular complexity index is 944. The van der Waals surface area contributed by atoms with Crippen molar-refractivity contribution >= 4 is 11.9 Å². The van der Waals surface area contributed by atoms with Crippen LogP contribution in [0.5, 0.6) is 5.88 Å². The Labute approximate surface area is 175 Å². The van der Waals surface area contributed by atoms with Crippen LogP contribution in [0.1, 0.15) is 31.9 Å². The second-order valence-electron chi connectivity index (χ2n) is 8.00. The van der Waals surface area contributed by atoms with Gasteiger partial charge in [-0.3, -0.25) is 0 Å². The molecule has 1 aromatic heterocycles. The van der Waals surface area contributed by atoms with E-state index in [1.807, 2.05) is 39.0 Å². The summed E-state index contributed by atoms with van der Waals surface area (Å²) in [5.41, 5.74) is 0.102. The van der Waals surface area contributed by atoms with E-state index in [-0.39, 0.29) is 18.3 Å². The number of ether oxygens (including phenoxy) is 2. The van der Waals surface area contributed by atoms with Crippen molar-refractivity contribution in [2.45, 2.75) is 33.0 Å². The summed E-state index contributed by atoms with van der Waals surface area (Å²) < 4.78 is 25.1. The van der Waals surface area contributed by atoms with E-state index in [1.54, 1.807) is 17.0 Å². The lowest BCUT2D eigenvalue weighted by atomic mass is 10.1. The Morgan fingerprint density at radius 3 is 2.57 bits per heavy atom. The summed E-state index contributed by atoms with van der Waals surface area (Å²) in [6.45, 7) is 7.89. The molecule has 0 N–H and O–H groups in total. The van der Waals surface area contributed by atoms with Crippen molar-refractivity contribution in [3.8, 4) is 11.9 Å². The molecule has 8 heteroatoms. The number of carbonyl (C=O) groups excluding carboxylic acids is 1. The van der Waals surface area contributed by atoms with Crippen LogP contribution in [-0.4, -0.2) is 47.8 Å². The minimum atomic E-state index is -0.518. The first-order valence-corrected chi connectivity index (χ1v) is 9.76. The largest absolute Gasteiger partial charge is 0.473 e. The van der Waals surface area contributed by atoms with Gasteiger partial charge in [-0.05, 0) is 39.0 Å². The van der Waals surface area contributed by atoms with Crippen molar-refractivity contribution in [1.82, 2.24) is 9.88 Å². The Kier molecular flexibility index (Phi) is 6.40. The highest BCUT2D eigenvalue weighted by atomic mass is 19.1. The minimum absolute atomic E-state index is 0.0143. The average molecular weight is 412 g/mol. The summed E-state index contributed by atoms with van der Waals surface area (Å²) in [4.78, 5) is 20.5. The zero-order valence-corrected chi connectivity index (χ0v) is 17.4. The van der Waals surface area contributed by atoms with Crippen molar-refractivity contribution in [2.75, 3.05) is 31.1 Å². The van der Waals surface area contributed by atoms with Crippen LogP contribution < -0.4 is 9.64 Å². The number of benzene rings is 1. The fourth-order valence-corrected chi connectivity index (χ4v) is 2.99. The minimum Gasteiger partial charge on any atom is -0.473 e. The number of halogens is 1. The fourth-order valence-electron chi connectivity index (χ4n) is 2.99. The third-order valence-electron chi connectivity index (χ3n) is 4.52. The summed E-state index contributed by atoms with van der Waals surface area (Å²) in [6.07, 6.45) is -0.309. The maximum absolute atomic E-state index is 14.0. The van der Waals surface area contributed by atoms with Crippen LogP contribution in [-0.2, 0) is 11.3 Å². The van der Waals surface area contributed by atoms with Crippen LogP contribution in [0.4, 0.5) is 15.0 Å². The molecular formula is C22H25FN4O3. The highest BCUT2D eigenvalue weighted by Gasteiger charge is 2.26. The SMILES string of the molecule is CC(C)(C)OC(=O)N1CCN(c2cccc(OCc3ccc(C#N)cc3F)n2)CC1. The molecule has 0 bridgehead atoms. The van der Waals surface area contributed by atoms with E-state index >= 15 is 0 Å². The third-order valence-corrected chi connectivity index (χ3v) is 4.52. The molecule has 1 aromatic carbocycles. The molecule has 30 heavy (non-hydrogen) atoms. The Balaban J connectivity index is 1.57. The first kappa shape index (κ1) is 21.4. The molecule has 2 aromatic rings. The van der Waals surface area contributed by atoms with Gasteiger partial charge in [-0.25, -0.2) is 9.18 Å². The van der Waals surface area contributed by atoms with Crippen LogP contribution in [0.3, 0.4) is 0 Å². The lowest BCUT2D eigenvalue weighted by Gasteiger charge is -2.36. The molecule has 0 radical (unpaired) electrons. The zero-order valence-electron chi connectivity index (χ0n) is 17.4. The number of nitriles is 1. The molecule has 0 saturated carbocycles. The van der Waals surface area contributed by atoms with Gasteiger partial charge in [0.05, 0.1) is 11.6 Å². The molecule has 0 unspecified atom stereocenters. The standard InChI is InChI=1S/C22H25FN4O3/c1-22(2,3)30-21(28)27-11-9-26(10-12-27)19-5-4-6-20(25-19)29-15-17-8-7-16(14-24)13-18(17)23/h4-8,13H,9-12,15H2,1-3H3. The average Bonchev–Trinajstić information content (AvgIpc) is 2.72. The molecule has 3 rings (SSSR count). The number of aromatic nitrogens is 1. The highest BCUT2D eigenvalue weighted by molar-refractivity contribution is 5.68. The molecule has 0 spiro atoms. The summed E-state index contributed by atoms with van der Waals surface area (Å²) in [6, 6.07) is 11.6. The van der Waals surface area contributed by atoms with E-state index in [0.29, 0.717) is 37.6 Å². The smallest absolute Gasteiger partial charge is 0.410 e. The Morgan fingerprint density at radius 1 is 1.20 bits per heavy atom. The van der Waals surface area contributed by atoms with Gasteiger partial charge in [0.15, 0.2) is 0 Å². The maximum atomic E-state index is 14.0. The first-order chi connectivity index (χ1) is 14.2. The van der Waals surface area contributed by atoms with Gasteiger partial charge < -0.3 is 19.3 Å². The number of hydrogen-bond donors (Lipinski definition) is 0. The quantitative estimate of drug-likeness (QED) is 0.761. The van der Waals surface area contributed by atoms with Crippen LogP contribution in [0, 0.1) is 17.1 Å². The van der Waals surface area contributed by atoms with Gasteiger partial charge in [-0.2, -0.15) is 10.2 Å². The summed E-state index contributed by atoms with van der Waals surface area (Å²) in [7, 11) is 0. The molecule has 1 fully saturated rings. The molecule has 1 saturated heterocycles. The molecule has 0 aliphatic carbocycles. The van der Waals surface area contributed by atoms with Crippen molar-refractivity contribution < 1.29 is 18.7 Å². The van der Waals surface area contributed by atoms with Crippen LogP contribution in [0.25, 0.3) is 0 Å². The van der Waals surface area contributed by atoms with Gasteiger partial charge in [0.25, 0.3) is 0 Å². The summed E-state index contributed by atoms with van der Waals surface area (Å²) in [5, 5.41) is 8.82. The van der Waals surface area contributed by atoms with Gasteiger partial charge in [-0.15, -0.1) is 0 Å². The number of nitrogens with zero attached hydrogens (tertiary/aromatic N) is 4. The van der Waals surface area contributed by atoms with Gasteiger partial charge in [-0.1, -0.05) is 12.1 Å². The van der Waals surface area contributed by atoms with Crippen molar-refractivity contribution in [3.05, 3.63) is 53.3 Å². The first-order valence-electron chi connectivity index (χ1n) is 9.76. The molecule has 1 aliphatic rings. The lowest BCUT2D eigenvalue weighted by Crippen LogP contribution is -2.50. The van der Waals surface area contributed by atoms with Gasteiger partial charge in [0.1, 0.15) is 23.8 Å². The van der Waals surface area contributed by atoms with Crippen LogP contribution in [0.15, 0.2) is 36.4 Å². The predicted molar refractivity (Wildman–Crippen MR) is 110 cm³/mol. The van der Waals surface area contributed by atoms with E-state index < -0.39 is 11.4 Å². The van der Waals surface area contributed by atoms with E-state index in [4.69, 9.17) is 14.7 Å². The van der Waals surface area contributed by atoms with Gasteiger partial charge in [0.2, 0.25) is 5.88 Å². The molecule has 1 aliphatic heterocycles. The second kappa shape index (κ2) is 8.99. The maximum Gasteiger partial charge on any atom is 0.410 e. The molecule has 1 amide bonds. The van der Waals surface area contributed by atoms with Gasteiger partial charge in [0, 0.05) is 37.8 Å². The van der Waals surface area contributed by atoms with Gasteiger partial charge >= 0.3 is 6.09 Å². The van der Waals surface area contributed by atoms with E-state index in [2.05, 4.69) is 9.88 Å². The Morgan fingerprint density at radius 2 is 1.93 bits per heavy atom. The fraction of sp³-hybridized carbons (Fsp3) is 0.409. The van der Waals surface area contributed by atoms with Crippen molar-refractivity contribution in [1.29, 1.82) is 5.26 Å². The Hall–Kier alpha value is -3.34. The van der Waals surface area contributed by atoms with Crippen molar-refractivity contribution in [3.63, 3.8) is 0 Å². The number of piperazine rings is 1. The normalized spacial score (nSPS) is 14.2. The number of carbonyl (C=O) groups is 1. The van der Waals surface area contributed by atoms with E-state index in [0.717, 1.165) is 5.82 Å². The molecular weight excluding hydrogens is 387 g/mol. The molecule has 2 heterocycles. The third kappa shape index (κ3) is 5.60. The number of hydrogen-bond acceptors (Lipinski definition) is 6. The lowest BCUT2D eigenvalue weighted by molar-refractivity contribution is 0.0240. The summed E-state index contributed by atoms with van der Waals surface area (Å²) in [5.74, 6) is 0.631. The number of amides is 1. The van der Waals surface area contributed by atoms with Crippen LogP contribution >= 0.6 is 0 Å². The van der Waals surface area contributed by atoms with Crippen molar-refractivity contribution in [2.24, 2.45) is 0 Å². The second-order valence-corrected chi connectivity index (χ2v) is 8.00. The molecule has 0 atom stereocenters. The van der Waals surface area contributed by atoms with Crippen LogP contribution in [0.2, 0.25) is 0 Å². The van der Waals surface area contributed by atoms with E-state index in [9.17, 15) is 9.18 Å². The monoisotopic (exact) mass is 412 g/mol. The summed E-state index contributed by atoms with van der Waals surface area (Å²) >= 11 is 0. The zero-order chi connectivity index (χ0) is 21.7. The topological polar surface area (TPSA) is 78.7 Å². The van der Waals surface area contributed by atoms with E-state index in [1.165, 1.54) is 12.1 Å². The molecule has 158 valence electrons. The number of anilines is 1. The predicted octanol–water partition coefficient (Wildman–Crippen LogP) is 3.73. The molecule has 7 nitrogen and oxygen atoms in total. The number of pyridine rings is 1.